The van der Waals surface area contributed by atoms with E-state index < -0.39 is 0 Å². The molecule has 0 aliphatic heterocycles. The van der Waals surface area contributed by atoms with Gasteiger partial charge in [0.2, 0.25) is 0 Å². The van der Waals surface area contributed by atoms with Crippen LogP contribution in [0.5, 0.6) is 0 Å². The van der Waals surface area contributed by atoms with Gasteiger partial charge in [0, 0.05) is 16.9 Å². The lowest BCUT2D eigenvalue weighted by molar-refractivity contribution is 1.28. The van der Waals surface area contributed by atoms with E-state index in [0.29, 0.717) is 0 Å². The molecule has 11 aromatic rings. The van der Waals surface area contributed by atoms with Crippen molar-refractivity contribution in [2.45, 2.75) is 0 Å². The first-order valence-corrected chi connectivity index (χ1v) is 22.3. The molecule has 0 bridgehead atoms. The van der Waals surface area contributed by atoms with Crippen LogP contribution in [0.1, 0.15) is 0 Å². The Morgan fingerprint density at radius 3 is 1.11 bits per heavy atom. The average molecular weight is 828 g/mol. The summed E-state index contributed by atoms with van der Waals surface area (Å²) in [5, 5.41) is 2.46. The lowest BCUT2D eigenvalue weighted by Gasteiger charge is -2.29. The van der Waals surface area contributed by atoms with E-state index in [1.807, 2.05) is 0 Å². The summed E-state index contributed by atoms with van der Waals surface area (Å²) < 4.78 is 0. The van der Waals surface area contributed by atoms with E-state index >= 15 is 0 Å². The molecule has 306 valence electrons. The van der Waals surface area contributed by atoms with Gasteiger partial charge in [-0.3, -0.25) is 0 Å². The van der Waals surface area contributed by atoms with Gasteiger partial charge in [-0.1, -0.05) is 218 Å². The third-order valence-electron chi connectivity index (χ3n) is 12.5. The number of fused-ring (bicyclic) bond motifs is 1. The fraction of sp³-hybridized carbons (Fsp3) is 0. The Morgan fingerprint density at radius 1 is 0.200 bits per heavy atom. The topological polar surface area (TPSA) is 3.24 Å². The van der Waals surface area contributed by atoms with Gasteiger partial charge >= 0.3 is 0 Å². The minimum atomic E-state index is 1.07. The van der Waals surface area contributed by atoms with Gasteiger partial charge in [-0.15, -0.1) is 0 Å². The summed E-state index contributed by atoms with van der Waals surface area (Å²) in [7, 11) is 0. The minimum absolute atomic E-state index is 1.07. The van der Waals surface area contributed by atoms with Crippen LogP contribution >= 0.6 is 0 Å². The highest BCUT2D eigenvalue weighted by Gasteiger charge is 2.20. The molecule has 65 heavy (non-hydrogen) atoms. The molecule has 0 saturated carbocycles. The van der Waals surface area contributed by atoms with Crippen LogP contribution in [0.25, 0.3) is 88.7 Å². The second-order valence-corrected chi connectivity index (χ2v) is 16.5. The van der Waals surface area contributed by atoms with E-state index in [9.17, 15) is 0 Å². The number of anilines is 3. The van der Waals surface area contributed by atoms with Crippen LogP contribution in [-0.2, 0) is 0 Å². The van der Waals surface area contributed by atoms with Crippen LogP contribution in [0.4, 0.5) is 17.1 Å². The maximum absolute atomic E-state index is 2.43. The maximum atomic E-state index is 2.43. The molecule has 0 atom stereocenters. The highest BCUT2D eigenvalue weighted by Crippen LogP contribution is 2.45. The normalized spacial score (nSPS) is 11.1. The van der Waals surface area contributed by atoms with E-state index in [2.05, 4.69) is 278 Å². The molecule has 0 N–H and O–H groups in total. The standard InChI is InChI=1S/C64H45N/c1-5-17-46(18-6-1)53-27-15-28-54(41-53)49-31-36-59(37-32-49)65(64-45-55(35-40-63(64)52-23-11-4-12-24-52)62-30-16-26-51-25-13-14-29-61(51)62)60-38-33-50(34-39-60)58-43-56(47-19-7-2-8-20-47)42-57(44-58)48-21-9-3-10-22-48/h1-45H. The smallest absolute Gasteiger partial charge is 0.0546 e. The molecule has 1 heteroatoms. The van der Waals surface area contributed by atoms with E-state index in [-0.39, 0.29) is 0 Å². The van der Waals surface area contributed by atoms with Crippen LogP contribution in [0.15, 0.2) is 273 Å². The summed E-state index contributed by atoms with van der Waals surface area (Å²) in [6, 6.07) is 98.9. The number of hydrogen-bond donors (Lipinski definition) is 0. The zero-order valence-electron chi connectivity index (χ0n) is 35.9. The van der Waals surface area contributed by atoms with Gasteiger partial charge in [-0.05, 0) is 138 Å². The molecule has 0 aliphatic rings. The number of nitrogens with zero attached hydrogens (tertiary/aromatic N) is 1. The summed E-state index contributed by atoms with van der Waals surface area (Å²) in [4.78, 5) is 2.43. The zero-order chi connectivity index (χ0) is 43.4. The number of rotatable bonds is 10. The van der Waals surface area contributed by atoms with Crippen molar-refractivity contribution in [3.63, 3.8) is 0 Å². The quantitative estimate of drug-likeness (QED) is 0.133. The van der Waals surface area contributed by atoms with E-state index in [0.717, 1.165) is 33.8 Å². The number of hydrogen-bond acceptors (Lipinski definition) is 1. The molecule has 0 aromatic heterocycles. The van der Waals surface area contributed by atoms with Crippen molar-refractivity contribution in [3.8, 4) is 77.9 Å². The Hall–Kier alpha value is -8.52. The highest BCUT2D eigenvalue weighted by atomic mass is 15.1. The van der Waals surface area contributed by atoms with Crippen molar-refractivity contribution >= 4 is 27.8 Å². The van der Waals surface area contributed by atoms with Crippen molar-refractivity contribution in [1.82, 2.24) is 0 Å². The first-order chi connectivity index (χ1) is 32.2. The Morgan fingerprint density at radius 2 is 0.569 bits per heavy atom. The Kier molecular flexibility index (Phi) is 10.7. The molecule has 0 aliphatic carbocycles. The summed E-state index contributed by atoms with van der Waals surface area (Å²) in [5.41, 5.74) is 19.8. The molecule has 0 spiro atoms. The molecule has 1 nitrogen and oxygen atoms in total. The van der Waals surface area contributed by atoms with E-state index in [1.54, 1.807) is 0 Å². The fourth-order valence-electron chi connectivity index (χ4n) is 9.15. The van der Waals surface area contributed by atoms with Crippen molar-refractivity contribution < 1.29 is 0 Å². The molecule has 0 unspecified atom stereocenters. The van der Waals surface area contributed by atoms with Crippen LogP contribution in [0.2, 0.25) is 0 Å². The molecular formula is C64H45N. The Labute approximate surface area is 381 Å². The highest BCUT2D eigenvalue weighted by molar-refractivity contribution is 5.99. The minimum Gasteiger partial charge on any atom is -0.310 e. The van der Waals surface area contributed by atoms with Crippen molar-refractivity contribution in [2.24, 2.45) is 0 Å². The summed E-state index contributed by atoms with van der Waals surface area (Å²) >= 11 is 0. The largest absolute Gasteiger partial charge is 0.310 e. The first kappa shape index (κ1) is 39.3. The number of benzene rings is 11. The van der Waals surface area contributed by atoms with Crippen LogP contribution < -0.4 is 4.90 Å². The van der Waals surface area contributed by atoms with Gasteiger partial charge in [-0.25, -0.2) is 0 Å². The maximum Gasteiger partial charge on any atom is 0.0546 e. The molecule has 0 radical (unpaired) electrons. The third-order valence-corrected chi connectivity index (χ3v) is 12.5. The van der Waals surface area contributed by atoms with Crippen LogP contribution in [0, 0.1) is 0 Å². The van der Waals surface area contributed by atoms with Gasteiger partial charge in [0.05, 0.1) is 5.69 Å². The van der Waals surface area contributed by atoms with Crippen molar-refractivity contribution in [2.75, 3.05) is 4.90 Å². The molecule has 0 amide bonds. The Bertz CT molecular complexity index is 3310. The monoisotopic (exact) mass is 827 g/mol. The summed E-state index contributed by atoms with van der Waals surface area (Å²) in [6.07, 6.45) is 0. The molecular weight excluding hydrogens is 783 g/mol. The summed E-state index contributed by atoms with van der Waals surface area (Å²) in [5.74, 6) is 0. The van der Waals surface area contributed by atoms with Crippen molar-refractivity contribution in [3.05, 3.63) is 273 Å². The van der Waals surface area contributed by atoms with Gasteiger partial charge < -0.3 is 4.90 Å². The second-order valence-electron chi connectivity index (χ2n) is 16.5. The van der Waals surface area contributed by atoms with Gasteiger partial charge in [0.25, 0.3) is 0 Å². The Balaban J connectivity index is 1.07. The fourth-order valence-corrected chi connectivity index (χ4v) is 9.15. The molecule has 11 rings (SSSR count). The van der Waals surface area contributed by atoms with Gasteiger partial charge in [0.1, 0.15) is 0 Å². The second kappa shape index (κ2) is 17.7. The van der Waals surface area contributed by atoms with Crippen molar-refractivity contribution in [1.29, 1.82) is 0 Å². The predicted octanol–water partition coefficient (Wildman–Crippen LogP) is 18.0. The van der Waals surface area contributed by atoms with E-state index in [4.69, 9.17) is 0 Å². The molecule has 11 aromatic carbocycles. The van der Waals surface area contributed by atoms with Gasteiger partial charge in [0.15, 0.2) is 0 Å². The predicted molar refractivity (Wildman–Crippen MR) is 277 cm³/mol. The average Bonchev–Trinajstić information content (AvgIpc) is 3.40. The first-order valence-electron chi connectivity index (χ1n) is 22.3. The van der Waals surface area contributed by atoms with Crippen LogP contribution in [-0.4, -0.2) is 0 Å². The summed E-state index contributed by atoms with van der Waals surface area (Å²) in [6.45, 7) is 0. The molecule has 0 fully saturated rings. The van der Waals surface area contributed by atoms with Gasteiger partial charge in [-0.2, -0.15) is 0 Å². The third kappa shape index (κ3) is 8.16. The lowest BCUT2D eigenvalue weighted by atomic mass is 9.93. The van der Waals surface area contributed by atoms with Crippen LogP contribution in [0.3, 0.4) is 0 Å². The molecule has 0 saturated heterocycles. The molecule has 0 heterocycles. The zero-order valence-corrected chi connectivity index (χ0v) is 35.9. The van der Waals surface area contributed by atoms with E-state index in [1.165, 1.54) is 72.0 Å². The SMILES string of the molecule is c1ccc(-c2cccc(-c3ccc(N(c4ccc(-c5cc(-c6ccccc6)cc(-c6ccccc6)c5)cc4)c4cc(-c5cccc6ccccc56)ccc4-c4ccccc4)cc3)c2)cc1. The lowest BCUT2D eigenvalue weighted by Crippen LogP contribution is -2.11.